The molecule has 1 N–H and O–H groups in total. The summed E-state index contributed by atoms with van der Waals surface area (Å²) in [6.07, 6.45) is 4.29. The summed E-state index contributed by atoms with van der Waals surface area (Å²) >= 11 is 0. The molecule has 0 bridgehead atoms. The van der Waals surface area contributed by atoms with Gasteiger partial charge in [-0.3, -0.25) is 4.68 Å². The first-order valence-corrected chi connectivity index (χ1v) is 2.92. The molecule has 0 saturated heterocycles. The number of rotatable bonds is 3. The summed E-state index contributed by atoms with van der Waals surface area (Å²) in [6.45, 7) is 1.27. The Labute approximate surface area is 109 Å². The molecule has 0 unspecified atom stereocenters. The second kappa shape index (κ2) is 6.61. The minimum absolute atomic E-state index is 0. The van der Waals surface area contributed by atoms with E-state index in [1.165, 1.54) is 0 Å². The fourth-order valence-corrected chi connectivity index (χ4v) is 0.593. The zero-order valence-corrected chi connectivity index (χ0v) is 11.0. The van der Waals surface area contributed by atoms with E-state index in [4.69, 9.17) is 5.73 Å². The van der Waals surface area contributed by atoms with E-state index in [0.29, 0.717) is 6.54 Å². The van der Waals surface area contributed by atoms with Crippen molar-refractivity contribution in [3.8, 4) is 0 Å². The largest absolute Gasteiger partial charge is 1.00 e. The first kappa shape index (κ1) is 10.9. The van der Waals surface area contributed by atoms with Crippen LogP contribution in [0.1, 0.15) is 6.42 Å². The summed E-state index contributed by atoms with van der Waals surface area (Å²) in [5.74, 6) is 0. The Kier molecular flexibility index (Phi) is 7.20. The molecule has 5 heteroatoms. The molecule has 0 fully saturated rings. The smallest absolute Gasteiger partial charge is 0.677 e. The average molecular weight is 211 g/mol. The van der Waals surface area contributed by atoms with Crippen molar-refractivity contribution in [1.29, 1.82) is 0 Å². The molecule has 0 saturated carbocycles. The molecular formula is C5H9N4Rb. The molecule has 0 spiro atoms. The molecule has 1 rings (SSSR count). The van der Waals surface area contributed by atoms with Gasteiger partial charge in [0, 0.05) is 12.7 Å². The van der Waals surface area contributed by atoms with Crippen LogP contribution in [0.25, 0.3) is 5.73 Å². The molecule has 0 radical (unpaired) electrons. The minimum atomic E-state index is 0. The van der Waals surface area contributed by atoms with Crippen LogP contribution >= 0.6 is 0 Å². The third kappa shape index (κ3) is 3.93. The van der Waals surface area contributed by atoms with Crippen LogP contribution in [0.15, 0.2) is 12.4 Å². The van der Waals surface area contributed by atoms with Crippen molar-refractivity contribution in [3.05, 3.63) is 18.1 Å². The maximum atomic E-state index is 6.84. The molecule has 0 aliphatic carbocycles. The summed E-state index contributed by atoms with van der Waals surface area (Å²) in [5, 5.41) is 7.36. The van der Waals surface area contributed by atoms with E-state index in [0.717, 1.165) is 13.0 Å². The standard InChI is InChI=1S/C5H9N4.Rb/c6-2-1-4-9-5-3-7-8-9;/h3,5-6H,1-2,4H2;/q-1;+1. The number of aryl methyl sites for hydroxylation is 1. The Morgan fingerprint density at radius 2 is 2.30 bits per heavy atom. The fraction of sp³-hybridized carbons (Fsp3) is 0.600. The second-order valence-electron chi connectivity index (χ2n) is 1.77. The van der Waals surface area contributed by atoms with Crippen LogP contribution in [0.3, 0.4) is 0 Å². The van der Waals surface area contributed by atoms with Crippen molar-refractivity contribution in [3.63, 3.8) is 0 Å². The number of hydrogen-bond acceptors (Lipinski definition) is 2. The third-order valence-corrected chi connectivity index (χ3v) is 1.04. The van der Waals surface area contributed by atoms with Crippen molar-refractivity contribution in [2.75, 3.05) is 6.54 Å². The van der Waals surface area contributed by atoms with E-state index in [9.17, 15) is 0 Å². The monoisotopic (exact) mass is 210 g/mol. The average Bonchev–Trinajstić information content (AvgIpc) is 2.34. The molecule has 0 aliphatic heterocycles. The van der Waals surface area contributed by atoms with Gasteiger partial charge < -0.3 is 5.73 Å². The van der Waals surface area contributed by atoms with Gasteiger partial charge >= 0.3 is 58.2 Å². The topological polar surface area (TPSA) is 54.5 Å². The van der Waals surface area contributed by atoms with Gasteiger partial charge in [-0.1, -0.05) is 11.6 Å². The molecular weight excluding hydrogens is 202 g/mol. The molecule has 1 aromatic heterocycles. The van der Waals surface area contributed by atoms with Gasteiger partial charge in [-0.2, -0.15) is 0 Å². The molecule has 1 aromatic rings. The number of nitrogens with one attached hydrogen (secondary N) is 1. The van der Waals surface area contributed by atoms with E-state index in [1.54, 1.807) is 17.1 Å². The van der Waals surface area contributed by atoms with E-state index < -0.39 is 0 Å². The summed E-state index contributed by atoms with van der Waals surface area (Å²) < 4.78 is 1.73. The number of aromatic nitrogens is 3. The summed E-state index contributed by atoms with van der Waals surface area (Å²) in [7, 11) is 0. The maximum absolute atomic E-state index is 6.84. The van der Waals surface area contributed by atoms with Crippen molar-refractivity contribution >= 4 is 0 Å². The van der Waals surface area contributed by atoms with Crippen LogP contribution < -0.4 is 58.2 Å². The molecule has 0 aliphatic rings. The molecule has 0 amide bonds. The van der Waals surface area contributed by atoms with Gasteiger partial charge in [0.2, 0.25) is 0 Å². The van der Waals surface area contributed by atoms with Gasteiger partial charge in [-0.05, 0) is 0 Å². The van der Waals surface area contributed by atoms with Crippen LogP contribution in [0.4, 0.5) is 0 Å². The Bertz CT molecular complexity index is 151. The zero-order chi connectivity index (χ0) is 6.53. The quantitative estimate of drug-likeness (QED) is 0.565. The van der Waals surface area contributed by atoms with Gasteiger partial charge in [0.25, 0.3) is 0 Å². The van der Waals surface area contributed by atoms with E-state index >= 15 is 0 Å². The first-order valence-electron chi connectivity index (χ1n) is 2.92. The van der Waals surface area contributed by atoms with Crippen LogP contribution in [0.5, 0.6) is 0 Å². The normalized spacial score (nSPS) is 8.90. The molecule has 1 heterocycles. The fourth-order valence-electron chi connectivity index (χ4n) is 0.593. The zero-order valence-electron chi connectivity index (χ0n) is 6.12. The molecule has 0 atom stereocenters. The van der Waals surface area contributed by atoms with Crippen LogP contribution in [0.2, 0.25) is 0 Å². The molecule has 50 valence electrons. The second-order valence-corrected chi connectivity index (χ2v) is 1.77. The minimum Gasteiger partial charge on any atom is -0.677 e. The maximum Gasteiger partial charge on any atom is 1.00 e. The number of nitrogens with zero attached hydrogens (tertiary/aromatic N) is 3. The summed E-state index contributed by atoms with van der Waals surface area (Å²) in [4.78, 5) is 0. The van der Waals surface area contributed by atoms with Crippen molar-refractivity contribution in [2.45, 2.75) is 13.0 Å². The van der Waals surface area contributed by atoms with Gasteiger partial charge in [0.15, 0.2) is 0 Å². The van der Waals surface area contributed by atoms with Crippen LogP contribution in [-0.4, -0.2) is 21.5 Å². The summed E-state index contributed by atoms with van der Waals surface area (Å²) in [6, 6.07) is 0. The van der Waals surface area contributed by atoms with Crippen molar-refractivity contribution in [1.82, 2.24) is 15.0 Å². The van der Waals surface area contributed by atoms with E-state index in [-0.39, 0.29) is 58.2 Å². The Balaban J connectivity index is 0.000000810. The van der Waals surface area contributed by atoms with Gasteiger partial charge in [-0.15, -0.1) is 11.6 Å². The number of hydrogen-bond donors (Lipinski definition) is 0. The predicted octanol–water partition coefficient (Wildman–Crippen LogP) is -2.28. The van der Waals surface area contributed by atoms with Gasteiger partial charge in [0.05, 0.1) is 6.20 Å². The van der Waals surface area contributed by atoms with Gasteiger partial charge in [-0.25, -0.2) is 0 Å². The first-order chi connectivity index (χ1) is 4.43. The van der Waals surface area contributed by atoms with Crippen molar-refractivity contribution in [2.24, 2.45) is 0 Å². The summed E-state index contributed by atoms with van der Waals surface area (Å²) in [5.41, 5.74) is 6.84. The molecule has 4 nitrogen and oxygen atoms in total. The molecule has 0 aromatic carbocycles. The Morgan fingerprint density at radius 3 is 2.80 bits per heavy atom. The Hall–Kier alpha value is 0.905. The van der Waals surface area contributed by atoms with Crippen LogP contribution in [-0.2, 0) is 6.54 Å². The van der Waals surface area contributed by atoms with Crippen LogP contribution in [0, 0.1) is 0 Å². The molecule has 10 heavy (non-hydrogen) atoms. The SMILES string of the molecule is [NH-]CCCn1ccnn1.[Rb+]. The van der Waals surface area contributed by atoms with E-state index in [2.05, 4.69) is 10.3 Å². The van der Waals surface area contributed by atoms with Crippen molar-refractivity contribution < 1.29 is 58.2 Å². The predicted molar refractivity (Wildman–Crippen MR) is 33.8 cm³/mol. The van der Waals surface area contributed by atoms with E-state index in [1.807, 2.05) is 0 Å². The Morgan fingerprint density at radius 1 is 1.50 bits per heavy atom. The third-order valence-electron chi connectivity index (χ3n) is 1.04. The van der Waals surface area contributed by atoms with Gasteiger partial charge in [0.1, 0.15) is 0 Å².